The minimum Gasteiger partial charge on any atom is -0.366 e. The predicted molar refractivity (Wildman–Crippen MR) is 106 cm³/mol. The van der Waals surface area contributed by atoms with E-state index in [-0.39, 0.29) is 11.7 Å². The summed E-state index contributed by atoms with van der Waals surface area (Å²) in [4.78, 5) is 20.3. The molecule has 28 heavy (non-hydrogen) atoms. The maximum Gasteiger partial charge on any atom is 0.219 e. The number of rotatable bonds is 3. The average molecular weight is 379 g/mol. The van der Waals surface area contributed by atoms with Crippen LogP contribution in [0.4, 0.5) is 10.1 Å². The van der Waals surface area contributed by atoms with Crippen LogP contribution in [0.3, 0.4) is 0 Å². The minimum atomic E-state index is -0.270. The monoisotopic (exact) mass is 379 g/mol. The van der Waals surface area contributed by atoms with E-state index in [1.807, 2.05) is 36.5 Å². The second kappa shape index (κ2) is 7.42. The lowest BCUT2D eigenvalue weighted by Crippen LogP contribution is -2.48. The van der Waals surface area contributed by atoms with Crippen molar-refractivity contribution in [1.29, 1.82) is 0 Å². The van der Waals surface area contributed by atoms with Crippen LogP contribution < -0.4 is 4.90 Å². The highest BCUT2D eigenvalue weighted by molar-refractivity contribution is 5.80. The van der Waals surface area contributed by atoms with E-state index in [0.717, 1.165) is 41.3 Å². The molecule has 2 aromatic heterocycles. The molecule has 0 unspecified atom stereocenters. The molecule has 0 radical (unpaired) electrons. The zero-order valence-electron chi connectivity index (χ0n) is 16.0. The Labute approximate surface area is 163 Å². The zero-order chi connectivity index (χ0) is 19.7. The van der Waals surface area contributed by atoms with Crippen LogP contribution >= 0.6 is 0 Å². The molecule has 0 bridgehead atoms. The van der Waals surface area contributed by atoms with Crippen molar-refractivity contribution in [3.05, 3.63) is 54.6 Å². The molecule has 1 aromatic carbocycles. The Morgan fingerprint density at radius 3 is 2.36 bits per heavy atom. The third-order valence-electron chi connectivity index (χ3n) is 5.08. The molecule has 1 saturated heterocycles. The molecule has 1 aliphatic heterocycles. The van der Waals surface area contributed by atoms with E-state index < -0.39 is 0 Å². The maximum absolute atomic E-state index is 13.3. The van der Waals surface area contributed by atoms with Crippen molar-refractivity contribution < 1.29 is 9.18 Å². The molecule has 6 nitrogen and oxygen atoms in total. The van der Waals surface area contributed by atoms with Crippen LogP contribution in [0.15, 0.2) is 48.8 Å². The van der Waals surface area contributed by atoms with Gasteiger partial charge in [0.05, 0.1) is 23.3 Å². The molecule has 3 heterocycles. The highest BCUT2D eigenvalue weighted by Crippen LogP contribution is 2.33. The number of benzene rings is 1. The fourth-order valence-electron chi connectivity index (χ4n) is 3.50. The Morgan fingerprint density at radius 1 is 1.04 bits per heavy atom. The van der Waals surface area contributed by atoms with E-state index in [4.69, 9.17) is 0 Å². The molecule has 0 saturated carbocycles. The highest BCUT2D eigenvalue weighted by atomic mass is 19.1. The van der Waals surface area contributed by atoms with Crippen LogP contribution in [-0.2, 0) is 11.8 Å². The number of aromatic nitrogens is 3. The molecule has 0 N–H and O–H groups in total. The quantitative estimate of drug-likeness (QED) is 0.702. The van der Waals surface area contributed by atoms with Crippen molar-refractivity contribution in [2.45, 2.75) is 6.92 Å². The third-order valence-corrected chi connectivity index (χ3v) is 5.08. The summed E-state index contributed by atoms with van der Waals surface area (Å²) in [6.45, 7) is 4.48. The summed E-state index contributed by atoms with van der Waals surface area (Å²) in [5, 5.41) is 4.57. The van der Waals surface area contributed by atoms with Crippen LogP contribution in [0.5, 0.6) is 0 Å². The molecule has 0 spiro atoms. The van der Waals surface area contributed by atoms with Gasteiger partial charge < -0.3 is 9.80 Å². The van der Waals surface area contributed by atoms with Crippen molar-refractivity contribution >= 4 is 11.6 Å². The van der Waals surface area contributed by atoms with E-state index in [0.29, 0.717) is 13.1 Å². The van der Waals surface area contributed by atoms with Gasteiger partial charge >= 0.3 is 0 Å². The first kappa shape index (κ1) is 18.2. The van der Waals surface area contributed by atoms with Gasteiger partial charge in [-0.05, 0) is 36.4 Å². The van der Waals surface area contributed by atoms with Crippen molar-refractivity contribution in [3.8, 4) is 22.5 Å². The number of anilines is 1. The molecule has 1 aliphatic rings. The van der Waals surface area contributed by atoms with Gasteiger partial charge in [0.25, 0.3) is 0 Å². The topological polar surface area (TPSA) is 54.3 Å². The van der Waals surface area contributed by atoms with E-state index in [9.17, 15) is 9.18 Å². The number of nitrogens with zero attached hydrogens (tertiary/aromatic N) is 5. The van der Waals surface area contributed by atoms with Crippen LogP contribution in [0.2, 0.25) is 0 Å². The lowest BCUT2D eigenvalue weighted by Gasteiger charge is -2.36. The van der Waals surface area contributed by atoms with Gasteiger partial charge in [0.15, 0.2) is 0 Å². The summed E-state index contributed by atoms with van der Waals surface area (Å²) in [6, 6.07) is 10.3. The second-order valence-corrected chi connectivity index (χ2v) is 6.96. The smallest absolute Gasteiger partial charge is 0.219 e. The number of pyridine rings is 1. The van der Waals surface area contributed by atoms with Gasteiger partial charge in [0.1, 0.15) is 5.82 Å². The van der Waals surface area contributed by atoms with E-state index in [2.05, 4.69) is 15.0 Å². The predicted octanol–water partition coefficient (Wildman–Crippen LogP) is 2.96. The Morgan fingerprint density at radius 2 is 1.75 bits per heavy atom. The normalized spacial score (nSPS) is 14.4. The number of hydrogen-bond donors (Lipinski definition) is 0. The molecule has 1 fully saturated rings. The number of carbonyl (C=O) groups excluding carboxylic acids is 1. The van der Waals surface area contributed by atoms with E-state index in [1.165, 1.54) is 12.1 Å². The number of amides is 1. The second-order valence-electron chi connectivity index (χ2n) is 6.96. The molecule has 1 amide bonds. The van der Waals surface area contributed by atoms with Gasteiger partial charge in [-0.15, -0.1) is 0 Å². The number of piperazine rings is 1. The molecule has 0 aliphatic carbocycles. The number of hydrogen-bond acceptors (Lipinski definition) is 4. The third kappa shape index (κ3) is 3.60. The number of aryl methyl sites for hydroxylation is 1. The summed E-state index contributed by atoms with van der Waals surface area (Å²) >= 11 is 0. The van der Waals surface area contributed by atoms with Crippen molar-refractivity contribution in [3.63, 3.8) is 0 Å². The van der Waals surface area contributed by atoms with E-state index >= 15 is 0 Å². The minimum absolute atomic E-state index is 0.106. The summed E-state index contributed by atoms with van der Waals surface area (Å²) in [7, 11) is 1.89. The van der Waals surface area contributed by atoms with Crippen LogP contribution in [-0.4, -0.2) is 51.8 Å². The molecular weight excluding hydrogens is 357 g/mol. The first-order valence-corrected chi connectivity index (χ1v) is 9.28. The summed E-state index contributed by atoms with van der Waals surface area (Å²) in [5.74, 6) is -0.164. The molecule has 3 aromatic rings. The van der Waals surface area contributed by atoms with Gasteiger partial charge in [0.2, 0.25) is 5.91 Å². The Kier molecular flexibility index (Phi) is 4.81. The summed E-state index contributed by atoms with van der Waals surface area (Å²) < 4.78 is 15.0. The standard InChI is InChI=1S/C21H22FN5O/c1-15(28)26-9-11-27(12-10-26)21-14-23-20(16-3-5-17(22)6-4-16)13-18(21)19-7-8-25(2)24-19/h3-8,13-14H,9-12H2,1-2H3. The maximum atomic E-state index is 13.3. The van der Waals surface area contributed by atoms with Crippen molar-refractivity contribution in [2.75, 3.05) is 31.1 Å². The Bertz CT molecular complexity index is 990. The highest BCUT2D eigenvalue weighted by Gasteiger charge is 2.22. The number of carbonyl (C=O) groups is 1. The zero-order valence-corrected chi connectivity index (χ0v) is 16.0. The number of halogens is 1. The van der Waals surface area contributed by atoms with Crippen LogP contribution in [0.1, 0.15) is 6.92 Å². The summed E-state index contributed by atoms with van der Waals surface area (Å²) in [6.07, 6.45) is 3.76. The lowest BCUT2D eigenvalue weighted by atomic mass is 10.0. The molecule has 144 valence electrons. The Hall–Kier alpha value is -3.22. The van der Waals surface area contributed by atoms with Crippen molar-refractivity contribution in [1.82, 2.24) is 19.7 Å². The fourth-order valence-corrected chi connectivity index (χ4v) is 3.50. The summed E-state index contributed by atoms with van der Waals surface area (Å²) in [5.41, 5.74) is 4.45. The van der Waals surface area contributed by atoms with Gasteiger partial charge in [-0.25, -0.2) is 4.39 Å². The molecular formula is C21H22FN5O. The lowest BCUT2D eigenvalue weighted by molar-refractivity contribution is -0.129. The fraction of sp³-hybridized carbons (Fsp3) is 0.286. The van der Waals surface area contributed by atoms with E-state index in [1.54, 1.807) is 23.7 Å². The molecule has 4 rings (SSSR count). The first-order valence-electron chi connectivity index (χ1n) is 9.28. The van der Waals surface area contributed by atoms with Gasteiger partial charge in [-0.3, -0.25) is 14.5 Å². The van der Waals surface area contributed by atoms with Gasteiger partial charge in [-0.1, -0.05) is 0 Å². The largest absolute Gasteiger partial charge is 0.366 e. The van der Waals surface area contributed by atoms with Crippen LogP contribution in [0.25, 0.3) is 22.5 Å². The van der Waals surface area contributed by atoms with Crippen LogP contribution in [0, 0.1) is 5.82 Å². The van der Waals surface area contributed by atoms with Crippen molar-refractivity contribution in [2.24, 2.45) is 7.05 Å². The van der Waals surface area contributed by atoms with Gasteiger partial charge in [-0.2, -0.15) is 5.10 Å². The average Bonchev–Trinajstić information content (AvgIpc) is 3.14. The Balaban J connectivity index is 1.72. The van der Waals surface area contributed by atoms with Gasteiger partial charge in [0, 0.05) is 57.5 Å². The first-order chi connectivity index (χ1) is 13.5. The molecule has 7 heteroatoms. The SMILES string of the molecule is CC(=O)N1CCN(c2cnc(-c3ccc(F)cc3)cc2-c2ccn(C)n2)CC1. The molecule has 0 atom stereocenters.